The van der Waals surface area contributed by atoms with Crippen molar-refractivity contribution in [3.8, 4) is 5.75 Å². The maximum absolute atomic E-state index is 5.94. The van der Waals surface area contributed by atoms with Gasteiger partial charge in [-0.05, 0) is 38.6 Å². The van der Waals surface area contributed by atoms with Gasteiger partial charge in [0.05, 0.1) is 6.61 Å². The molecule has 1 aliphatic heterocycles. The smallest absolute Gasteiger partial charge is 0.119 e. The molecule has 2 N–H and O–H groups in total. The van der Waals surface area contributed by atoms with E-state index in [1.807, 2.05) is 30.3 Å². The van der Waals surface area contributed by atoms with E-state index in [0.29, 0.717) is 0 Å². The van der Waals surface area contributed by atoms with Crippen molar-refractivity contribution in [3.63, 3.8) is 0 Å². The highest BCUT2D eigenvalue weighted by molar-refractivity contribution is 5.20. The molecular formula is C14H22N2O. The maximum Gasteiger partial charge on any atom is 0.119 e. The Balaban J connectivity index is 1.85. The van der Waals surface area contributed by atoms with Crippen molar-refractivity contribution < 1.29 is 4.74 Å². The van der Waals surface area contributed by atoms with Gasteiger partial charge in [0.1, 0.15) is 5.75 Å². The monoisotopic (exact) mass is 234 g/mol. The highest BCUT2D eigenvalue weighted by atomic mass is 16.5. The molecule has 2 rings (SSSR count). The third-order valence-corrected chi connectivity index (χ3v) is 3.90. The molecule has 0 spiro atoms. The number of nitrogens with zero attached hydrogens (tertiary/aromatic N) is 1. The average molecular weight is 234 g/mol. The number of benzene rings is 1. The number of hydrogen-bond donors (Lipinski definition) is 1. The molecule has 0 radical (unpaired) electrons. The van der Waals surface area contributed by atoms with Crippen LogP contribution in [-0.4, -0.2) is 37.2 Å². The molecule has 1 aliphatic rings. The minimum Gasteiger partial charge on any atom is -0.494 e. The highest BCUT2D eigenvalue weighted by Crippen LogP contribution is 2.30. The van der Waals surface area contributed by atoms with Crippen LogP contribution in [0.15, 0.2) is 30.3 Å². The number of para-hydroxylation sites is 1. The Morgan fingerprint density at radius 2 is 2.12 bits per heavy atom. The summed E-state index contributed by atoms with van der Waals surface area (Å²) in [5, 5.41) is 0. The molecule has 1 atom stereocenters. The molecule has 1 fully saturated rings. The van der Waals surface area contributed by atoms with Gasteiger partial charge in [-0.25, -0.2) is 0 Å². The summed E-state index contributed by atoms with van der Waals surface area (Å²) in [6, 6.07) is 9.98. The first-order valence-corrected chi connectivity index (χ1v) is 6.36. The Hall–Kier alpha value is -1.06. The van der Waals surface area contributed by atoms with Gasteiger partial charge in [0.25, 0.3) is 0 Å². The Morgan fingerprint density at radius 1 is 1.35 bits per heavy atom. The fourth-order valence-corrected chi connectivity index (χ4v) is 2.62. The minimum atomic E-state index is 0.161. The number of rotatable bonds is 5. The molecule has 1 aromatic carbocycles. The Bertz CT molecular complexity index is 341. The van der Waals surface area contributed by atoms with E-state index in [9.17, 15) is 0 Å². The molecule has 3 nitrogen and oxygen atoms in total. The number of likely N-dealkylation sites (tertiary alicyclic amines) is 1. The van der Waals surface area contributed by atoms with Crippen molar-refractivity contribution in [1.29, 1.82) is 0 Å². The fourth-order valence-electron chi connectivity index (χ4n) is 2.62. The third kappa shape index (κ3) is 2.79. The highest BCUT2D eigenvalue weighted by Gasteiger charge is 2.36. The van der Waals surface area contributed by atoms with Crippen LogP contribution in [-0.2, 0) is 0 Å². The Labute approximate surface area is 104 Å². The zero-order valence-corrected chi connectivity index (χ0v) is 10.6. The first-order valence-electron chi connectivity index (χ1n) is 6.36. The van der Waals surface area contributed by atoms with Crippen LogP contribution in [0.3, 0.4) is 0 Å². The first kappa shape index (κ1) is 12.4. The van der Waals surface area contributed by atoms with Gasteiger partial charge in [-0.2, -0.15) is 0 Å². The SMILES string of the molecule is CN1CCCC1(CN)CCOc1ccccc1. The normalized spacial score (nSPS) is 25.1. The van der Waals surface area contributed by atoms with Crippen LogP contribution >= 0.6 is 0 Å². The molecule has 0 amide bonds. The van der Waals surface area contributed by atoms with E-state index in [2.05, 4.69) is 11.9 Å². The van der Waals surface area contributed by atoms with Gasteiger partial charge >= 0.3 is 0 Å². The second-order valence-corrected chi connectivity index (χ2v) is 4.87. The lowest BCUT2D eigenvalue weighted by atomic mass is 9.93. The molecule has 1 heterocycles. The van der Waals surface area contributed by atoms with E-state index in [0.717, 1.165) is 31.9 Å². The van der Waals surface area contributed by atoms with Gasteiger partial charge in [0, 0.05) is 18.5 Å². The summed E-state index contributed by atoms with van der Waals surface area (Å²) in [4.78, 5) is 2.39. The summed E-state index contributed by atoms with van der Waals surface area (Å²) < 4.78 is 5.76. The van der Waals surface area contributed by atoms with E-state index in [1.165, 1.54) is 12.8 Å². The van der Waals surface area contributed by atoms with Crippen molar-refractivity contribution in [3.05, 3.63) is 30.3 Å². The standard InChI is InChI=1S/C14H22N2O/c1-16-10-5-8-14(16,12-15)9-11-17-13-6-3-2-4-7-13/h2-4,6-7H,5,8-12,15H2,1H3. The number of likely N-dealkylation sites (N-methyl/N-ethyl adjacent to an activating group) is 1. The van der Waals surface area contributed by atoms with Gasteiger partial charge in [-0.15, -0.1) is 0 Å². The number of nitrogens with two attached hydrogens (primary N) is 1. The summed E-state index contributed by atoms with van der Waals surface area (Å²) in [5.41, 5.74) is 6.10. The van der Waals surface area contributed by atoms with E-state index in [4.69, 9.17) is 10.5 Å². The molecule has 0 saturated carbocycles. The largest absolute Gasteiger partial charge is 0.494 e. The van der Waals surface area contributed by atoms with Crippen LogP contribution in [0.2, 0.25) is 0 Å². The fraction of sp³-hybridized carbons (Fsp3) is 0.571. The van der Waals surface area contributed by atoms with Crippen molar-refractivity contribution in [2.75, 3.05) is 26.7 Å². The maximum atomic E-state index is 5.94. The van der Waals surface area contributed by atoms with Gasteiger partial charge in [-0.1, -0.05) is 18.2 Å². The molecule has 0 aromatic heterocycles. The van der Waals surface area contributed by atoms with Gasteiger partial charge in [-0.3, -0.25) is 4.90 Å². The van der Waals surface area contributed by atoms with Crippen molar-refractivity contribution in [1.82, 2.24) is 4.90 Å². The average Bonchev–Trinajstić information content (AvgIpc) is 2.73. The lowest BCUT2D eigenvalue weighted by Gasteiger charge is -2.35. The van der Waals surface area contributed by atoms with Gasteiger partial charge < -0.3 is 10.5 Å². The zero-order chi connectivity index (χ0) is 12.1. The zero-order valence-electron chi connectivity index (χ0n) is 10.6. The van der Waals surface area contributed by atoms with Crippen LogP contribution in [0.4, 0.5) is 0 Å². The summed E-state index contributed by atoms with van der Waals surface area (Å²) in [5.74, 6) is 0.945. The van der Waals surface area contributed by atoms with Gasteiger partial charge in [0.2, 0.25) is 0 Å². The van der Waals surface area contributed by atoms with Gasteiger partial charge in [0.15, 0.2) is 0 Å². The lowest BCUT2D eigenvalue weighted by Crippen LogP contribution is -2.48. The van der Waals surface area contributed by atoms with Crippen molar-refractivity contribution in [2.24, 2.45) is 5.73 Å². The molecule has 17 heavy (non-hydrogen) atoms. The van der Waals surface area contributed by atoms with Crippen LogP contribution in [0.1, 0.15) is 19.3 Å². The van der Waals surface area contributed by atoms with E-state index in [-0.39, 0.29) is 5.54 Å². The minimum absolute atomic E-state index is 0.161. The third-order valence-electron chi connectivity index (χ3n) is 3.90. The van der Waals surface area contributed by atoms with E-state index in [1.54, 1.807) is 0 Å². The molecular weight excluding hydrogens is 212 g/mol. The van der Waals surface area contributed by atoms with Crippen LogP contribution in [0.5, 0.6) is 5.75 Å². The Morgan fingerprint density at radius 3 is 2.71 bits per heavy atom. The van der Waals surface area contributed by atoms with Crippen molar-refractivity contribution in [2.45, 2.75) is 24.8 Å². The molecule has 94 valence electrons. The summed E-state index contributed by atoms with van der Waals surface area (Å²) in [6.07, 6.45) is 3.45. The predicted octanol–water partition coefficient (Wildman–Crippen LogP) is 1.88. The predicted molar refractivity (Wildman–Crippen MR) is 70.2 cm³/mol. The number of hydrogen-bond acceptors (Lipinski definition) is 3. The molecule has 1 aromatic rings. The summed E-state index contributed by atoms with van der Waals surface area (Å²) in [7, 11) is 2.17. The topological polar surface area (TPSA) is 38.5 Å². The summed E-state index contributed by atoms with van der Waals surface area (Å²) >= 11 is 0. The molecule has 0 bridgehead atoms. The van der Waals surface area contributed by atoms with E-state index < -0.39 is 0 Å². The molecule has 3 heteroatoms. The van der Waals surface area contributed by atoms with Crippen LogP contribution in [0.25, 0.3) is 0 Å². The quantitative estimate of drug-likeness (QED) is 0.845. The van der Waals surface area contributed by atoms with Crippen molar-refractivity contribution >= 4 is 0 Å². The number of ether oxygens (including phenoxy) is 1. The van der Waals surface area contributed by atoms with E-state index >= 15 is 0 Å². The summed E-state index contributed by atoms with van der Waals surface area (Å²) in [6.45, 7) is 2.62. The Kier molecular flexibility index (Phi) is 4.02. The molecule has 0 aliphatic carbocycles. The van der Waals surface area contributed by atoms with Crippen LogP contribution in [0, 0.1) is 0 Å². The second-order valence-electron chi connectivity index (χ2n) is 4.87. The second kappa shape index (κ2) is 5.52. The lowest BCUT2D eigenvalue weighted by molar-refractivity contribution is 0.139. The molecule has 1 unspecified atom stereocenters. The molecule has 1 saturated heterocycles. The first-order chi connectivity index (χ1) is 8.27. The van der Waals surface area contributed by atoms with Crippen LogP contribution < -0.4 is 10.5 Å².